The molecule has 0 unspecified atom stereocenters. The number of carbonyl (C=O) groups excluding carboxylic acids is 1. The molecule has 2 aromatic rings. The Morgan fingerprint density at radius 2 is 2.30 bits per heavy atom. The maximum Gasteiger partial charge on any atom is 0.237 e. The van der Waals surface area contributed by atoms with Crippen molar-refractivity contribution in [3.8, 4) is 0 Å². The van der Waals surface area contributed by atoms with Crippen LogP contribution in [0.1, 0.15) is 6.92 Å². The highest BCUT2D eigenvalue weighted by Gasteiger charge is 2.18. The zero-order valence-corrected chi connectivity index (χ0v) is 13.2. The van der Waals surface area contributed by atoms with Crippen LogP contribution in [0.2, 0.25) is 0 Å². The van der Waals surface area contributed by atoms with E-state index >= 15 is 0 Å². The van der Waals surface area contributed by atoms with E-state index in [1.54, 1.807) is 30.9 Å². The Balaban J connectivity index is 2.02. The first kappa shape index (κ1) is 15.0. The van der Waals surface area contributed by atoms with Gasteiger partial charge in [0.05, 0.1) is 10.9 Å². The second kappa shape index (κ2) is 6.36. The molecule has 1 aromatic carbocycles. The van der Waals surface area contributed by atoms with Crippen molar-refractivity contribution in [1.82, 2.24) is 14.8 Å². The van der Waals surface area contributed by atoms with Crippen LogP contribution in [0.25, 0.3) is 0 Å². The highest BCUT2D eigenvalue weighted by molar-refractivity contribution is 9.10. The van der Waals surface area contributed by atoms with Crippen molar-refractivity contribution in [3.63, 3.8) is 0 Å². The number of amides is 1. The molecule has 1 amide bonds. The van der Waals surface area contributed by atoms with Crippen molar-refractivity contribution in [2.24, 2.45) is 7.05 Å². The molecule has 0 saturated heterocycles. The van der Waals surface area contributed by atoms with Crippen LogP contribution in [-0.2, 0) is 11.8 Å². The van der Waals surface area contributed by atoms with Crippen LogP contribution >= 0.6 is 27.7 Å². The van der Waals surface area contributed by atoms with E-state index in [0.29, 0.717) is 9.63 Å². The molecule has 0 radical (unpaired) electrons. The van der Waals surface area contributed by atoms with Gasteiger partial charge in [-0.3, -0.25) is 4.79 Å². The van der Waals surface area contributed by atoms with Crippen molar-refractivity contribution >= 4 is 39.3 Å². The smallest absolute Gasteiger partial charge is 0.237 e. The van der Waals surface area contributed by atoms with Crippen molar-refractivity contribution in [2.75, 3.05) is 5.32 Å². The number of nitrogens with one attached hydrogen (secondary N) is 1. The zero-order chi connectivity index (χ0) is 14.7. The maximum atomic E-state index is 13.6. The molecule has 2 rings (SSSR count). The summed E-state index contributed by atoms with van der Waals surface area (Å²) in [4.78, 5) is 12.0. The maximum absolute atomic E-state index is 13.6. The van der Waals surface area contributed by atoms with E-state index < -0.39 is 11.1 Å². The van der Waals surface area contributed by atoms with Crippen molar-refractivity contribution in [3.05, 3.63) is 34.8 Å². The summed E-state index contributed by atoms with van der Waals surface area (Å²) in [5.41, 5.74) is 0.156. The number of halogens is 2. The van der Waals surface area contributed by atoms with Gasteiger partial charge in [-0.05, 0) is 25.1 Å². The number of rotatable bonds is 4. The minimum Gasteiger partial charge on any atom is -0.323 e. The first-order valence-electron chi connectivity index (χ1n) is 5.74. The Bertz CT molecular complexity index is 634. The summed E-state index contributed by atoms with van der Waals surface area (Å²) in [6, 6.07) is 4.48. The van der Waals surface area contributed by atoms with Gasteiger partial charge >= 0.3 is 0 Å². The lowest BCUT2D eigenvalue weighted by Crippen LogP contribution is -2.23. The fourth-order valence-electron chi connectivity index (χ4n) is 1.42. The molecule has 0 aliphatic carbocycles. The number of aryl methyl sites for hydroxylation is 1. The Hall–Kier alpha value is -1.41. The minimum absolute atomic E-state index is 0.156. The number of anilines is 1. The minimum atomic E-state index is -0.483. The van der Waals surface area contributed by atoms with E-state index in [0.717, 1.165) is 0 Å². The fraction of sp³-hybridized carbons (Fsp3) is 0.250. The van der Waals surface area contributed by atoms with Gasteiger partial charge in [0, 0.05) is 11.5 Å². The highest BCUT2D eigenvalue weighted by atomic mass is 79.9. The first-order valence-corrected chi connectivity index (χ1v) is 7.41. The third kappa shape index (κ3) is 3.57. The van der Waals surface area contributed by atoms with E-state index in [1.807, 2.05) is 0 Å². The van der Waals surface area contributed by atoms with E-state index in [4.69, 9.17) is 0 Å². The summed E-state index contributed by atoms with van der Waals surface area (Å²) in [6.07, 6.45) is 1.56. The molecule has 0 fully saturated rings. The molecule has 0 spiro atoms. The number of nitrogens with zero attached hydrogens (tertiary/aromatic N) is 3. The number of hydrogen-bond donors (Lipinski definition) is 1. The van der Waals surface area contributed by atoms with Crippen LogP contribution in [0, 0.1) is 5.82 Å². The largest absolute Gasteiger partial charge is 0.323 e. The third-order valence-corrected chi connectivity index (χ3v) is 4.15. The number of hydrogen-bond acceptors (Lipinski definition) is 4. The highest BCUT2D eigenvalue weighted by Crippen LogP contribution is 2.23. The molecule has 0 saturated carbocycles. The monoisotopic (exact) mass is 358 g/mol. The summed E-state index contributed by atoms with van der Waals surface area (Å²) in [6.45, 7) is 1.73. The van der Waals surface area contributed by atoms with Crippen molar-refractivity contribution in [2.45, 2.75) is 17.3 Å². The van der Waals surface area contributed by atoms with Crippen LogP contribution < -0.4 is 5.32 Å². The molecule has 0 aliphatic rings. The van der Waals surface area contributed by atoms with E-state index in [2.05, 4.69) is 31.4 Å². The summed E-state index contributed by atoms with van der Waals surface area (Å²) in [7, 11) is 1.79. The van der Waals surface area contributed by atoms with Crippen LogP contribution in [0.4, 0.5) is 10.1 Å². The molecule has 1 aromatic heterocycles. The summed E-state index contributed by atoms with van der Waals surface area (Å²) in [5.74, 6) is -0.775. The summed E-state index contributed by atoms with van der Waals surface area (Å²) < 4.78 is 16.0. The number of benzene rings is 1. The average molecular weight is 359 g/mol. The quantitative estimate of drug-likeness (QED) is 0.853. The molecule has 1 heterocycles. The van der Waals surface area contributed by atoms with E-state index in [1.165, 1.54) is 23.9 Å². The number of carbonyl (C=O) groups is 1. The molecule has 0 bridgehead atoms. The van der Waals surface area contributed by atoms with Gasteiger partial charge in [-0.2, -0.15) is 0 Å². The van der Waals surface area contributed by atoms with Crippen LogP contribution in [0.3, 0.4) is 0 Å². The lowest BCUT2D eigenvalue weighted by molar-refractivity contribution is -0.115. The lowest BCUT2D eigenvalue weighted by atomic mass is 10.3. The van der Waals surface area contributed by atoms with Crippen LogP contribution in [0.5, 0.6) is 0 Å². The van der Waals surface area contributed by atoms with Crippen molar-refractivity contribution < 1.29 is 9.18 Å². The normalized spacial score (nSPS) is 12.2. The van der Waals surface area contributed by atoms with Gasteiger partial charge in [0.25, 0.3) is 0 Å². The predicted molar refractivity (Wildman–Crippen MR) is 79.1 cm³/mol. The average Bonchev–Trinajstić information content (AvgIpc) is 2.78. The Labute approximate surface area is 128 Å². The van der Waals surface area contributed by atoms with Gasteiger partial charge in [0.2, 0.25) is 5.91 Å². The van der Waals surface area contributed by atoms with Crippen molar-refractivity contribution in [1.29, 1.82) is 0 Å². The van der Waals surface area contributed by atoms with Gasteiger partial charge in [0.1, 0.15) is 12.1 Å². The van der Waals surface area contributed by atoms with Gasteiger partial charge in [-0.1, -0.05) is 27.7 Å². The summed E-state index contributed by atoms with van der Waals surface area (Å²) in [5, 5.41) is 10.4. The standard InChI is InChI=1S/C12H12BrFN4OS/c1-7(20-12-17-15-6-18(12)2)11(19)16-10-4-3-8(13)5-9(10)14/h3-7H,1-2H3,(H,16,19)/t7-/m1/s1. The van der Waals surface area contributed by atoms with E-state index in [-0.39, 0.29) is 11.6 Å². The Kier molecular flexibility index (Phi) is 4.77. The molecule has 20 heavy (non-hydrogen) atoms. The molecular weight excluding hydrogens is 347 g/mol. The van der Waals surface area contributed by atoms with Gasteiger partial charge < -0.3 is 9.88 Å². The van der Waals surface area contributed by atoms with Gasteiger partial charge in [-0.25, -0.2) is 4.39 Å². The molecular formula is C12H12BrFN4OS. The third-order valence-electron chi connectivity index (χ3n) is 2.51. The van der Waals surface area contributed by atoms with E-state index in [9.17, 15) is 9.18 Å². The zero-order valence-electron chi connectivity index (χ0n) is 10.8. The molecule has 5 nitrogen and oxygen atoms in total. The predicted octanol–water partition coefficient (Wildman–Crippen LogP) is 2.84. The summed E-state index contributed by atoms with van der Waals surface area (Å²) >= 11 is 4.42. The van der Waals surface area contributed by atoms with Gasteiger partial charge in [0.15, 0.2) is 5.16 Å². The van der Waals surface area contributed by atoms with Gasteiger partial charge in [-0.15, -0.1) is 10.2 Å². The Morgan fingerprint density at radius 1 is 1.55 bits per heavy atom. The second-order valence-corrected chi connectivity index (χ2v) is 6.32. The molecule has 0 aliphatic heterocycles. The first-order chi connectivity index (χ1) is 9.47. The number of aromatic nitrogens is 3. The molecule has 1 N–H and O–H groups in total. The number of thioether (sulfide) groups is 1. The second-order valence-electron chi connectivity index (χ2n) is 4.10. The molecule has 106 valence electrons. The Morgan fingerprint density at radius 3 is 2.90 bits per heavy atom. The topological polar surface area (TPSA) is 59.8 Å². The molecule has 1 atom stereocenters. The van der Waals surface area contributed by atoms with Crippen LogP contribution in [-0.4, -0.2) is 25.9 Å². The van der Waals surface area contributed by atoms with Crippen LogP contribution in [0.15, 0.2) is 34.2 Å². The molecule has 8 heteroatoms. The SMILES string of the molecule is C[C@@H](Sc1nncn1C)C(=O)Nc1ccc(Br)cc1F. The fourth-order valence-corrected chi connectivity index (χ4v) is 2.54. The lowest BCUT2D eigenvalue weighted by Gasteiger charge is -2.12.